The standard InChI is InChI=1S/C11H24N2O.ClH/c1-3-5-7-10(4-2)11(14)13-9-6-8-12;/h10H,3-9,12H2,1-2H3,(H,13,14);1H. The number of halogens is 1. The van der Waals surface area contributed by atoms with Crippen molar-refractivity contribution < 1.29 is 4.79 Å². The van der Waals surface area contributed by atoms with Gasteiger partial charge in [0.05, 0.1) is 0 Å². The van der Waals surface area contributed by atoms with Gasteiger partial charge in [0, 0.05) is 12.5 Å². The first-order chi connectivity index (χ1) is 6.76. The Balaban J connectivity index is 0. The van der Waals surface area contributed by atoms with Crippen molar-refractivity contribution in [2.75, 3.05) is 13.1 Å². The second-order valence-electron chi connectivity index (χ2n) is 3.68. The number of hydrogen-bond acceptors (Lipinski definition) is 2. The lowest BCUT2D eigenvalue weighted by molar-refractivity contribution is -0.125. The number of carbonyl (C=O) groups is 1. The fourth-order valence-electron chi connectivity index (χ4n) is 1.43. The predicted molar refractivity (Wildman–Crippen MR) is 67.2 cm³/mol. The lowest BCUT2D eigenvalue weighted by atomic mass is 9.98. The quantitative estimate of drug-likeness (QED) is 0.634. The van der Waals surface area contributed by atoms with Crippen LogP contribution in [0.25, 0.3) is 0 Å². The van der Waals surface area contributed by atoms with Gasteiger partial charge in [0.1, 0.15) is 0 Å². The van der Waals surface area contributed by atoms with E-state index in [9.17, 15) is 4.79 Å². The SMILES string of the molecule is CCCCC(CC)C(=O)NCCCN.Cl. The molecule has 0 spiro atoms. The Bertz CT molecular complexity index is 154. The molecule has 0 aromatic rings. The Morgan fingerprint density at radius 1 is 1.33 bits per heavy atom. The summed E-state index contributed by atoms with van der Waals surface area (Å²) in [5.74, 6) is 0.405. The van der Waals surface area contributed by atoms with Crippen molar-refractivity contribution in [3.05, 3.63) is 0 Å². The normalized spacial score (nSPS) is 11.7. The first-order valence-corrected chi connectivity index (χ1v) is 5.74. The van der Waals surface area contributed by atoms with Crippen molar-refractivity contribution in [2.24, 2.45) is 11.7 Å². The van der Waals surface area contributed by atoms with Crippen LogP contribution in [0.15, 0.2) is 0 Å². The third-order valence-electron chi connectivity index (χ3n) is 2.45. The lowest BCUT2D eigenvalue weighted by Gasteiger charge is -2.14. The topological polar surface area (TPSA) is 55.1 Å². The van der Waals surface area contributed by atoms with E-state index in [2.05, 4.69) is 19.2 Å². The monoisotopic (exact) mass is 236 g/mol. The summed E-state index contributed by atoms with van der Waals surface area (Å²) in [6.07, 6.45) is 5.13. The molecule has 0 bridgehead atoms. The average Bonchev–Trinajstić information content (AvgIpc) is 2.19. The van der Waals surface area contributed by atoms with E-state index in [1.165, 1.54) is 0 Å². The van der Waals surface area contributed by atoms with Crippen LogP contribution in [-0.2, 0) is 4.79 Å². The van der Waals surface area contributed by atoms with Gasteiger partial charge in [-0.3, -0.25) is 4.79 Å². The van der Waals surface area contributed by atoms with Gasteiger partial charge in [-0.1, -0.05) is 26.7 Å². The van der Waals surface area contributed by atoms with Crippen LogP contribution in [-0.4, -0.2) is 19.0 Å². The van der Waals surface area contributed by atoms with Crippen molar-refractivity contribution >= 4 is 18.3 Å². The van der Waals surface area contributed by atoms with Crippen molar-refractivity contribution in [1.82, 2.24) is 5.32 Å². The van der Waals surface area contributed by atoms with Crippen molar-refractivity contribution in [2.45, 2.75) is 46.0 Å². The zero-order valence-electron chi connectivity index (χ0n) is 9.92. The lowest BCUT2D eigenvalue weighted by Crippen LogP contribution is -2.32. The summed E-state index contributed by atoms with van der Waals surface area (Å²) in [7, 11) is 0. The number of hydrogen-bond donors (Lipinski definition) is 2. The maximum Gasteiger partial charge on any atom is 0.223 e. The number of nitrogens with two attached hydrogens (primary N) is 1. The molecule has 0 aliphatic rings. The van der Waals surface area contributed by atoms with E-state index in [1.807, 2.05) is 0 Å². The van der Waals surface area contributed by atoms with Crippen LogP contribution in [0.3, 0.4) is 0 Å². The van der Waals surface area contributed by atoms with Crippen molar-refractivity contribution in [1.29, 1.82) is 0 Å². The molecule has 0 rings (SSSR count). The number of nitrogens with one attached hydrogen (secondary N) is 1. The Morgan fingerprint density at radius 2 is 2.00 bits per heavy atom. The molecule has 0 aliphatic heterocycles. The van der Waals surface area contributed by atoms with Crippen LogP contribution in [0.1, 0.15) is 46.0 Å². The summed E-state index contributed by atoms with van der Waals surface area (Å²) in [6, 6.07) is 0. The van der Waals surface area contributed by atoms with E-state index in [0.29, 0.717) is 6.54 Å². The fraction of sp³-hybridized carbons (Fsp3) is 0.909. The van der Waals surface area contributed by atoms with E-state index in [4.69, 9.17) is 5.73 Å². The van der Waals surface area contributed by atoms with Crippen LogP contribution in [0.2, 0.25) is 0 Å². The first kappa shape index (κ1) is 17.1. The number of carbonyl (C=O) groups excluding carboxylic acids is 1. The molecule has 1 unspecified atom stereocenters. The summed E-state index contributed by atoms with van der Waals surface area (Å²) >= 11 is 0. The minimum absolute atomic E-state index is 0. The minimum Gasteiger partial charge on any atom is -0.356 e. The van der Waals surface area contributed by atoms with E-state index in [0.717, 1.165) is 38.6 Å². The van der Waals surface area contributed by atoms with Gasteiger partial charge in [-0.2, -0.15) is 0 Å². The maximum absolute atomic E-state index is 11.6. The maximum atomic E-state index is 11.6. The van der Waals surface area contributed by atoms with Gasteiger partial charge in [-0.05, 0) is 25.8 Å². The first-order valence-electron chi connectivity index (χ1n) is 5.74. The van der Waals surface area contributed by atoms with Gasteiger partial charge in [0.25, 0.3) is 0 Å². The van der Waals surface area contributed by atoms with Crippen molar-refractivity contribution in [3.8, 4) is 0 Å². The summed E-state index contributed by atoms with van der Waals surface area (Å²) in [4.78, 5) is 11.6. The Morgan fingerprint density at radius 3 is 2.47 bits per heavy atom. The van der Waals surface area contributed by atoms with Gasteiger partial charge >= 0.3 is 0 Å². The summed E-state index contributed by atoms with van der Waals surface area (Å²) in [6.45, 7) is 5.59. The molecule has 0 radical (unpaired) electrons. The van der Waals surface area contributed by atoms with Crippen molar-refractivity contribution in [3.63, 3.8) is 0 Å². The fourth-order valence-corrected chi connectivity index (χ4v) is 1.43. The molecule has 0 saturated heterocycles. The smallest absolute Gasteiger partial charge is 0.223 e. The highest BCUT2D eigenvalue weighted by Crippen LogP contribution is 2.12. The molecule has 3 nitrogen and oxygen atoms in total. The average molecular weight is 237 g/mol. The molecule has 0 aliphatic carbocycles. The molecule has 3 N–H and O–H groups in total. The molecule has 1 atom stereocenters. The molecule has 0 fully saturated rings. The highest BCUT2D eigenvalue weighted by Gasteiger charge is 2.14. The molecular weight excluding hydrogens is 212 g/mol. The minimum atomic E-state index is 0. The second-order valence-corrected chi connectivity index (χ2v) is 3.68. The van der Waals surface area contributed by atoms with Gasteiger partial charge in [-0.25, -0.2) is 0 Å². The zero-order chi connectivity index (χ0) is 10.8. The van der Waals surface area contributed by atoms with E-state index < -0.39 is 0 Å². The second kappa shape index (κ2) is 11.8. The summed E-state index contributed by atoms with van der Waals surface area (Å²) in [5, 5.41) is 2.92. The van der Waals surface area contributed by atoms with Gasteiger partial charge < -0.3 is 11.1 Å². The molecule has 0 heterocycles. The van der Waals surface area contributed by atoms with E-state index in [1.54, 1.807) is 0 Å². The highest BCUT2D eigenvalue weighted by atomic mass is 35.5. The molecule has 0 aromatic carbocycles. The Kier molecular flexibility index (Phi) is 13.5. The number of amides is 1. The summed E-state index contributed by atoms with van der Waals surface area (Å²) in [5.41, 5.74) is 5.35. The Labute approximate surface area is 99.6 Å². The third kappa shape index (κ3) is 8.70. The molecule has 15 heavy (non-hydrogen) atoms. The van der Waals surface area contributed by atoms with Crippen LogP contribution in [0.5, 0.6) is 0 Å². The Hall–Kier alpha value is -0.280. The third-order valence-corrected chi connectivity index (χ3v) is 2.45. The van der Waals surface area contributed by atoms with Crippen LogP contribution in [0, 0.1) is 5.92 Å². The molecular formula is C11H25ClN2O. The van der Waals surface area contributed by atoms with Gasteiger partial charge in [-0.15, -0.1) is 12.4 Å². The molecule has 4 heteroatoms. The summed E-state index contributed by atoms with van der Waals surface area (Å²) < 4.78 is 0. The van der Waals surface area contributed by atoms with E-state index in [-0.39, 0.29) is 24.2 Å². The van der Waals surface area contributed by atoms with Crippen LogP contribution < -0.4 is 11.1 Å². The van der Waals surface area contributed by atoms with Gasteiger partial charge in [0.2, 0.25) is 5.91 Å². The molecule has 0 saturated carbocycles. The highest BCUT2D eigenvalue weighted by molar-refractivity contribution is 5.85. The van der Waals surface area contributed by atoms with Crippen LogP contribution >= 0.6 is 12.4 Å². The number of unbranched alkanes of at least 4 members (excludes halogenated alkanes) is 1. The molecule has 1 amide bonds. The van der Waals surface area contributed by atoms with Gasteiger partial charge in [0.15, 0.2) is 0 Å². The molecule has 0 aromatic heterocycles. The van der Waals surface area contributed by atoms with E-state index >= 15 is 0 Å². The predicted octanol–water partition coefficient (Wildman–Crippen LogP) is 2.09. The zero-order valence-corrected chi connectivity index (χ0v) is 10.7. The largest absolute Gasteiger partial charge is 0.356 e. The number of rotatable bonds is 8. The molecule has 92 valence electrons. The van der Waals surface area contributed by atoms with Crippen LogP contribution in [0.4, 0.5) is 0 Å².